The minimum atomic E-state index is -3.76. The fourth-order valence-corrected chi connectivity index (χ4v) is 5.57. The van der Waals surface area contributed by atoms with Gasteiger partial charge < -0.3 is 0 Å². The van der Waals surface area contributed by atoms with Crippen molar-refractivity contribution in [3.63, 3.8) is 0 Å². The van der Waals surface area contributed by atoms with E-state index in [9.17, 15) is 13.2 Å². The number of benzene rings is 2. The van der Waals surface area contributed by atoms with Crippen LogP contribution in [0.25, 0.3) is 0 Å². The Morgan fingerprint density at radius 1 is 1.21 bits per heavy atom. The van der Waals surface area contributed by atoms with Crippen molar-refractivity contribution < 1.29 is 13.2 Å². The third kappa shape index (κ3) is 4.06. The molecule has 6 nitrogen and oxygen atoms in total. The topological polar surface area (TPSA) is 79.4 Å². The highest BCUT2D eigenvalue weighted by Crippen LogP contribution is 2.28. The van der Waals surface area contributed by atoms with E-state index in [0.717, 1.165) is 16.8 Å². The van der Waals surface area contributed by atoms with Gasteiger partial charge in [0.2, 0.25) is 10.0 Å². The van der Waals surface area contributed by atoms with Crippen LogP contribution in [0.4, 0.5) is 5.13 Å². The molecule has 1 amide bonds. The first-order chi connectivity index (χ1) is 13.8. The second-order valence-electron chi connectivity index (χ2n) is 6.75. The van der Waals surface area contributed by atoms with Gasteiger partial charge in [-0.25, -0.2) is 13.4 Å². The number of rotatable bonds is 4. The number of aromatic nitrogens is 1. The van der Waals surface area contributed by atoms with Gasteiger partial charge in [0, 0.05) is 18.5 Å². The average molecular weight is 448 g/mol. The van der Waals surface area contributed by atoms with Crippen molar-refractivity contribution in [2.75, 3.05) is 11.9 Å². The molecular formula is C20H18ClN3O3S2. The summed E-state index contributed by atoms with van der Waals surface area (Å²) < 4.78 is 27.8. The first-order valence-electron chi connectivity index (χ1n) is 8.94. The minimum Gasteiger partial charge on any atom is -0.298 e. The van der Waals surface area contributed by atoms with Crippen molar-refractivity contribution in [2.24, 2.45) is 0 Å². The van der Waals surface area contributed by atoms with Crippen LogP contribution in [0.2, 0.25) is 5.02 Å². The molecule has 0 fully saturated rings. The van der Waals surface area contributed by atoms with Gasteiger partial charge in [-0.05, 0) is 42.7 Å². The molecule has 0 spiro atoms. The van der Waals surface area contributed by atoms with Gasteiger partial charge in [0.15, 0.2) is 5.13 Å². The molecule has 0 saturated carbocycles. The van der Waals surface area contributed by atoms with Gasteiger partial charge in [-0.2, -0.15) is 4.31 Å². The van der Waals surface area contributed by atoms with Crippen LogP contribution in [0.5, 0.6) is 0 Å². The molecule has 4 rings (SSSR count). The Balaban J connectivity index is 1.61. The highest BCUT2D eigenvalue weighted by molar-refractivity contribution is 7.89. The first-order valence-corrected chi connectivity index (χ1v) is 11.6. The number of carbonyl (C=O) groups is 1. The van der Waals surface area contributed by atoms with Gasteiger partial charge in [-0.1, -0.05) is 35.9 Å². The van der Waals surface area contributed by atoms with Gasteiger partial charge in [0.25, 0.3) is 5.91 Å². The van der Waals surface area contributed by atoms with Crippen molar-refractivity contribution in [3.05, 3.63) is 75.3 Å². The average Bonchev–Trinajstić information content (AvgIpc) is 3.12. The Kier molecular flexibility index (Phi) is 5.44. The molecule has 0 radical (unpaired) electrons. The second-order valence-corrected chi connectivity index (χ2v) is 9.95. The van der Waals surface area contributed by atoms with E-state index in [-0.39, 0.29) is 15.5 Å². The van der Waals surface area contributed by atoms with Crippen molar-refractivity contribution in [1.82, 2.24) is 9.29 Å². The van der Waals surface area contributed by atoms with Crippen molar-refractivity contribution in [3.8, 4) is 0 Å². The maximum absolute atomic E-state index is 13.2. The van der Waals surface area contributed by atoms with Crippen molar-refractivity contribution in [1.29, 1.82) is 0 Å². The lowest BCUT2D eigenvalue weighted by Crippen LogP contribution is -2.36. The van der Waals surface area contributed by atoms with Crippen molar-refractivity contribution >= 4 is 44.0 Å². The van der Waals surface area contributed by atoms with E-state index in [1.807, 2.05) is 36.6 Å². The molecule has 1 aromatic heterocycles. The van der Waals surface area contributed by atoms with E-state index in [1.165, 1.54) is 33.8 Å². The number of aryl methyl sites for hydroxylation is 1. The summed E-state index contributed by atoms with van der Waals surface area (Å²) in [6.45, 7) is 2.52. The smallest absolute Gasteiger partial charge is 0.259 e. The molecule has 1 aliphatic rings. The molecule has 9 heteroatoms. The molecule has 0 unspecified atom stereocenters. The second kappa shape index (κ2) is 7.87. The minimum absolute atomic E-state index is 0.0433. The third-order valence-electron chi connectivity index (χ3n) is 4.76. The zero-order chi connectivity index (χ0) is 20.6. The molecule has 29 heavy (non-hydrogen) atoms. The number of hydrogen-bond acceptors (Lipinski definition) is 5. The van der Waals surface area contributed by atoms with Crippen LogP contribution in [0, 0.1) is 6.92 Å². The fourth-order valence-electron chi connectivity index (χ4n) is 3.24. The normalized spacial score (nSPS) is 14.4. The van der Waals surface area contributed by atoms with Crippen LogP contribution < -0.4 is 5.32 Å². The highest BCUT2D eigenvalue weighted by atomic mass is 35.5. The van der Waals surface area contributed by atoms with E-state index in [2.05, 4.69) is 10.3 Å². The van der Waals surface area contributed by atoms with E-state index in [0.29, 0.717) is 24.6 Å². The Morgan fingerprint density at radius 3 is 2.69 bits per heavy atom. The lowest BCUT2D eigenvalue weighted by atomic mass is 10.0. The molecule has 3 aromatic rings. The largest absolute Gasteiger partial charge is 0.298 e. The number of nitrogens with zero attached hydrogens (tertiary/aromatic N) is 2. The number of amides is 1. The number of nitrogens with one attached hydrogen (secondary N) is 1. The summed E-state index contributed by atoms with van der Waals surface area (Å²) in [5.41, 5.74) is 3.04. The van der Waals surface area contributed by atoms with E-state index in [4.69, 9.17) is 11.6 Å². The van der Waals surface area contributed by atoms with Crippen LogP contribution in [0.1, 0.15) is 27.2 Å². The standard InChI is InChI=1S/C20H18ClN3O3S2/c1-13-12-28-20(22-13)23-19(25)17-10-16(6-7-18(17)21)29(26,27)24-9-8-14-4-2-3-5-15(14)11-24/h2-7,10,12H,8-9,11H2,1H3,(H,22,23,25). The fraction of sp³-hybridized carbons (Fsp3) is 0.200. The summed E-state index contributed by atoms with van der Waals surface area (Å²) in [5.74, 6) is -0.495. The van der Waals surface area contributed by atoms with Crippen LogP contribution in [-0.2, 0) is 23.0 Å². The summed E-state index contributed by atoms with van der Waals surface area (Å²) in [6, 6.07) is 12.0. The molecule has 0 bridgehead atoms. The SMILES string of the molecule is Cc1csc(NC(=O)c2cc(S(=O)(=O)N3CCc4ccccc4C3)ccc2Cl)n1. The summed E-state index contributed by atoms with van der Waals surface area (Å²) in [4.78, 5) is 16.9. The number of fused-ring (bicyclic) bond motifs is 1. The Hall–Kier alpha value is -2.26. The van der Waals surface area contributed by atoms with Gasteiger partial charge in [-0.3, -0.25) is 10.1 Å². The van der Waals surface area contributed by atoms with Crippen LogP contribution in [0.3, 0.4) is 0 Å². The maximum Gasteiger partial charge on any atom is 0.259 e. The van der Waals surface area contributed by atoms with Gasteiger partial charge in [0.05, 0.1) is 21.2 Å². The zero-order valence-corrected chi connectivity index (χ0v) is 17.9. The number of hydrogen-bond donors (Lipinski definition) is 1. The lowest BCUT2D eigenvalue weighted by molar-refractivity contribution is 0.102. The molecule has 1 aliphatic heterocycles. The molecule has 0 atom stereocenters. The Labute approximate surface area is 178 Å². The molecule has 0 aliphatic carbocycles. The monoisotopic (exact) mass is 447 g/mol. The molecule has 1 N–H and O–H groups in total. The van der Waals surface area contributed by atoms with Crippen LogP contribution in [0.15, 0.2) is 52.7 Å². The molecular weight excluding hydrogens is 430 g/mol. The van der Waals surface area contributed by atoms with Crippen LogP contribution >= 0.6 is 22.9 Å². The maximum atomic E-state index is 13.2. The van der Waals surface area contributed by atoms with E-state index >= 15 is 0 Å². The third-order valence-corrected chi connectivity index (χ3v) is 7.80. The highest BCUT2D eigenvalue weighted by Gasteiger charge is 2.29. The van der Waals surface area contributed by atoms with E-state index in [1.54, 1.807) is 0 Å². The quantitative estimate of drug-likeness (QED) is 0.652. The number of carbonyl (C=O) groups excluding carboxylic acids is 1. The van der Waals surface area contributed by atoms with Crippen LogP contribution in [-0.4, -0.2) is 30.2 Å². The lowest BCUT2D eigenvalue weighted by Gasteiger charge is -2.28. The predicted octanol–water partition coefficient (Wildman–Crippen LogP) is 4.10. The summed E-state index contributed by atoms with van der Waals surface area (Å²) in [7, 11) is -3.76. The first kappa shape index (κ1) is 20.0. The van der Waals surface area contributed by atoms with Crippen molar-refractivity contribution in [2.45, 2.75) is 24.8 Å². The number of thiazole rings is 1. The summed E-state index contributed by atoms with van der Waals surface area (Å²) in [5, 5.41) is 5.09. The molecule has 0 saturated heterocycles. The molecule has 2 aromatic carbocycles. The predicted molar refractivity (Wildman–Crippen MR) is 114 cm³/mol. The Morgan fingerprint density at radius 2 is 1.97 bits per heavy atom. The van der Waals surface area contributed by atoms with Gasteiger partial charge in [-0.15, -0.1) is 11.3 Å². The number of anilines is 1. The molecule has 150 valence electrons. The van der Waals surface area contributed by atoms with Gasteiger partial charge in [0.1, 0.15) is 0 Å². The van der Waals surface area contributed by atoms with E-state index < -0.39 is 15.9 Å². The summed E-state index contributed by atoms with van der Waals surface area (Å²) in [6.07, 6.45) is 0.653. The number of halogens is 1. The number of sulfonamides is 1. The van der Waals surface area contributed by atoms with Gasteiger partial charge >= 0.3 is 0 Å². The summed E-state index contributed by atoms with van der Waals surface area (Å²) >= 11 is 7.47. The Bertz CT molecular complexity index is 1190. The molecule has 2 heterocycles. The zero-order valence-electron chi connectivity index (χ0n) is 15.6.